The number of hydrogen-bond donors (Lipinski definition) is 1. The smallest absolute Gasteiger partial charge is 0.295 e. The lowest BCUT2D eigenvalue weighted by Gasteiger charge is -2.25. The van der Waals surface area contributed by atoms with Crippen LogP contribution in [-0.2, 0) is 14.3 Å². The summed E-state index contributed by atoms with van der Waals surface area (Å²) in [7, 11) is 1.52. The Morgan fingerprint density at radius 3 is 2.39 bits per heavy atom. The fourth-order valence-corrected chi connectivity index (χ4v) is 4.04. The van der Waals surface area contributed by atoms with Gasteiger partial charge in [0.2, 0.25) is 0 Å². The third kappa shape index (κ3) is 5.31. The van der Waals surface area contributed by atoms with E-state index < -0.39 is 17.7 Å². The molecule has 1 atom stereocenters. The molecule has 0 bridgehead atoms. The number of Topliss-reactive ketones (excluding diaryl/α,β-unsaturated/α-hetero) is 1. The Bertz CT molecular complexity index is 1270. The van der Waals surface area contributed by atoms with Crippen molar-refractivity contribution in [1.82, 2.24) is 4.90 Å². The molecule has 0 aliphatic carbocycles. The number of ether oxygens (including phenoxy) is 3. The summed E-state index contributed by atoms with van der Waals surface area (Å²) in [4.78, 5) is 27.6. The van der Waals surface area contributed by atoms with Gasteiger partial charge >= 0.3 is 0 Å². The average molecular weight is 486 g/mol. The number of aliphatic hydroxyl groups excluding tert-OH is 1. The first-order valence-corrected chi connectivity index (χ1v) is 11.5. The fourth-order valence-electron chi connectivity index (χ4n) is 4.04. The summed E-state index contributed by atoms with van der Waals surface area (Å²) in [5, 5.41) is 11.2. The van der Waals surface area contributed by atoms with Gasteiger partial charge in [0.25, 0.3) is 11.7 Å². The van der Waals surface area contributed by atoms with E-state index in [0.29, 0.717) is 35.0 Å². The Hall–Kier alpha value is -4.36. The Labute approximate surface area is 209 Å². The van der Waals surface area contributed by atoms with E-state index in [2.05, 4.69) is 6.58 Å². The summed E-state index contributed by atoms with van der Waals surface area (Å²) in [6, 6.07) is 22.3. The summed E-state index contributed by atoms with van der Waals surface area (Å²) >= 11 is 0. The second-order valence-corrected chi connectivity index (χ2v) is 8.10. The van der Waals surface area contributed by atoms with Crippen molar-refractivity contribution in [2.24, 2.45) is 0 Å². The standard InChI is InChI=1S/C29H27NO6/c1-3-17-35-22-14-12-20(13-15-22)27(31)25-26(30(16-18-34-2)29(33)28(25)32)21-8-7-11-24(19-21)36-23-9-5-4-6-10-23/h3-15,19,26,31H,1,16-18H2,2H3/t26-/m0/s1. The topological polar surface area (TPSA) is 85.3 Å². The van der Waals surface area contributed by atoms with Crippen molar-refractivity contribution in [3.63, 3.8) is 0 Å². The first-order chi connectivity index (χ1) is 17.5. The maximum absolute atomic E-state index is 13.1. The van der Waals surface area contributed by atoms with Crippen LogP contribution in [0, 0.1) is 0 Å². The van der Waals surface area contributed by atoms with Crippen LogP contribution in [0.15, 0.2) is 97.1 Å². The molecule has 1 heterocycles. The monoisotopic (exact) mass is 485 g/mol. The SMILES string of the molecule is C=CCOc1ccc(C(O)=C2C(=O)C(=O)N(CCOC)[C@H]2c2cccc(Oc3ccccc3)c2)cc1. The van der Waals surface area contributed by atoms with Crippen LogP contribution >= 0.6 is 0 Å². The Morgan fingerprint density at radius 2 is 1.69 bits per heavy atom. The molecule has 1 fully saturated rings. The second kappa shape index (κ2) is 11.4. The van der Waals surface area contributed by atoms with E-state index in [1.54, 1.807) is 54.6 Å². The Morgan fingerprint density at radius 1 is 0.972 bits per heavy atom. The van der Waals surface area contributed by atoms with Crippen molar-refractivity contribution < 1.29 is 28.9 Å². The van der Waals surface area contributed by atoms with Gasteiger partial charge < -0.3 is 24.2 Å². The number of benzene rings is 3. The molecule has 4 rings (SSSR count). The Balaban J connectivity index is 1.75. The minimum absolute atomic E-state index is 0.00715. The minimum atomic E-state index is -0.809. The number of nitrogens with zero attached hydrogens (tertiary/aromatic N) is 1. The average Bonchev–Trinajstić information content (AvgIpc) is 3.16. The fraction of sp³-hybridized carbons (Fsp3) is 0.172. The molecule has 0 aromatic heterocycles. The molecule has 7 heteroatoms. The number of hydrogen-bond acceptors (Lipinski definition) is 6. The molecule has 7 nitrogen and oxygen atoms in total. The highest BCUT2D eigenvalue weighted by Crippen LogP contribution is 2.40. The molecule has 1 saturated heterocycles. The zero-order valence-electron chi connectivity index (χ0n) is 19.9. The first-order valence-electron chi connectivity index (χ1n) is 11.5. The van der Waals surface area contributed by atoms with Crippen LogP contribution in [0.1, 0.15) is 17.2 Å². The van der Waals surface area contributed by atoms with Crippen molar-refractivity contribution in [3.05, 3.63) is 108 Å². The van der Waals surface area contributed by atoms with Gasteiger partial charge in [0.15, 0.2) is 0 Å². The number of likely N-dealkylation sites (tertiary alicyclic amines) is 1. The van der Waals surface area contributed by atoms with Crippen LogP contribution in [0.3, 0.4) is 0 Å². The summed E-state index contributed by atoms with van der Waals surface area (Å²) in [5.74, 6) is 0.0766. The Kier molecular flexibility index (Phi) is 7.82. The van der Waals surface area contributed by atoms with Crippen molar-refractivity contribution in [2.75, 3.05) is 26.9 Å². The number of carbonyl (C=O) groups is 2. The quantitative estimate of drug-likeness (QED) is 0.186. The van der Waals surface area contributed by atoms with E-state index in [9.17, 15) is 14.7 Å². The molecule has 0 radical (unpaired) electrons. The van der Waals surface area contributed by atoms with Crippen molar-refractivity contribution >= 4 is 17.4 Å². The van der Waals surface area contributed by atoms with Crippen LogP contribution in [0.4, 0.5) is 0 Å². The first kappa shape index (κ1) is 24.8. The largest absolute Gasteiger partial charge is 0.507 e. The molecule has 1 aliphatic rings. The number of ketones is 1. The van der Waals surface area contributed by atoms with Crippen molar-refractivity contribution in [1.29, 1.82) is 0 Å². The maximum Gasteiger partial charge on any atom is 0.295 e. The van der Waals surface area contributed by atoms with Gasteiger partial charge in [-0.3, -0.25) is 9.59 Å². The van der Waals surface area contributed by atoms with E-state index in [1.807, 2.05) is 30.3 Å². The summed E-state index contributed by atoms with van der Waals surface area (Å²) < 4.78 is 16.6. The predicted octanol–water partition coefficient (Wildman–Crippen LogP) is 5.11. The van der Waals surface area contributed by atoms with Gasteiger partial charge in [-0.05, 0) is 54.1 Å². The van der Waals surface area contributed by atoms with Gasteiger partial charge in [-0.1, -0.05) is 43.0 Å². The summed E-state index contributed by atoms with van der Waals surface area (Å²) in [6.07, 6.45) is 1.63. The molecule has 184 valence electrons. The predicted molar refractivity (Wildman–Crippen MR) is 136 cm³/mol. The number of methoxy groups -OCH3 is 1. The minimum Gasteiger partial charge on any atom is -0.507 e. The van der Waals surface area contributed by atoms with Crippen LogP contribution in [0.2, 0.25) is 0 Å². The van der Waals surface area contributed by atoms with Gasteiger partial charge in [0.1, 0.15) is 29.6 Å². The lowest BCUT2D eigenvalue weighted by Crippen LogP contribution is -2.32. The molecule has 3 aromatic rings. The molecule has 0 spiro atoms. The highest BCUT2D eigenvalue weighted by molar-refractivity contribution is 6.46. The summed E-state index contributed by atoms with van der Waals surface area (Å²) in [6.45, 7) is 4.38. The molecule has 36 heavy (non-hydrogen) atoms. The van der Waals surface area contributed by atoms with Crippen LogP contribution in [-0.4, -0.2) is 48.6 Å². The normalized spacial score (nSPS) is 16.7. The third-order valence-corrected chi connectivity index (χ3v) is 5.72. The molecule has 3 aromatic carbocycles. The number of aliphatic hydroxyl groups is 1. The van der Waals surface area contributed by atoms with Gasteiger partial charge in [-0.2, -0.15) is 0 Å². The van der Waals surface area contributed by atoms with E-state index in [1.165, 1.54) is 12.0 Å². The van der Waals surface area contributed by atoms with E-state index in [4.69, 9.17) is 14.2 Å². The highest BCUT2D eigenvalue weighted by Gasteiger charge is 2.46. The molecule has 1 N–H and O–H groups in total. The second-order valence-electron chi connectivity index (χ2n) is 8.10. The van der Waals surface area contributed by atoms with Gasteiger partial charge in [0, 0.05) is 19.2 Å². The molecule has 1 aliphatic heterocycles. The number of para-hydroxylation sites is 1. The van der Waals surface area contributed by atoms with Crippen molar-refractivity contribution in [2.45, 2.75) is 6.04 Å². The lowest BCUT2D eigenvalue weighted by atomic mass is 9.95. The number of amides is 1. The molecule has 0 saturated carbocycles. The van der Waals surface area contributed by atoms with E-state index in [-0.39, 0.29) is 24.5 Å². The molecular weight excluding hydrogens is 458 g/mol. The molecule has 0 unspecified atom stereocenters. The molecular formula is C29H27NO6. The highest BCUT2D eigenvalue weighted by atomic mass is 16.5. The van der Waals surface area contributed by atoms with Gasteiger partial charge in [-0.15, -0.1) is 0 Å². The zero-order valence-corrected chi connectivity index (χ0v) is 19.9. The summed E-state index contributed by atoms with van der Waals surface area (Å²) in [5.41, 5.74) is 1.03. The zero-order chi connectivity index (χ0) is 25.5. The van der Waals surface area contributed by atoms with E-state index in [0.717, 1.165) is 0 Å². The van der Waals surface area contributed by atoms with Crippen molar-refractivity contribution in [3.8, 4) is 17.2 Å². The maximum atomic E-state index is 13.1. The lowest BCUT2D eigenvalue weighted by molar-refractivity contribution is -0.140. The number of carbonyl (C=O) groups excluding carboxylic acids is 2. The van der Waals surface area contributed by atoms with Crippen LogP contribution in [0.5, 0.6) is 17.2 Å². The third-order valence-electron chi connectivity index (χ3n) is 5.72. The van der Waals surface area contributed by atoms with Crippen LogP contribution in [0.25, 0.3) is 5.76 Å². The van der Waals surface area contributed by atoms with Crippen LogP contribution < -0.4 is 9.47 Å². The van der Waals surface area contributed by atoms with E-state index >= 15 is 0 Å². The van der Waals surface area contributed by atoms with Gasteiger partial charge in [-0.25, -0.2) is 0 Å². The molecule has 1 amide bonds. The number of rotatable bonds is 10. The van der Waals surface area contributed by atoms with Gasteiger partial charge in [0.05, 0.1) is 18.2 Å².